The van der Waals surface area contributed by atoms with Crippen molar-refractivity contribution in [2.75, 3.05) is 0 Å². The van der Waals surface area contributed by atoms with Gasteiger partial charge in [-0.25, -0.2) is 0 Å². The van der Waals surface area contributed by atoms with Gasteiger partial charge in [-0.2, -0.15) is 0 Å². The van der Waals surface area contributed by atoms with Crippen molar-refractivity contribution in [3.05, 3.63) is 105 Å². The normalized spacial score (nSPS) is 9.86. The van der Waals surface area contributed by atoms with Crippen LogP contribution in [0.25, 0.3) is 0 Å². The largest absolute Gasteiger partial charge is 0.0616 e. The molecule has 0 aliphatic carbocycles. The monoisotopic (exact) mass is 362 g/mol. The van der Waals surface area contributed by atoms with Crippen LogP contribution in [-0.4, -0.2) is 0 Å². The van der Waals surface area contributed by atoms with E-state index in [0.717, 1.165) is 35.1 Å². The SMILES string of the molecule is CCc1cc(C#Cc2ccc(C)cc2)c(CC)cc1C#Cc1ccc(C)cc1. The summed E-state index contributed by atoms with van der Waals surface area (Å²) in [6.45, 7) is 8.54. The second kappa shape index (κ2) is 9.12. The Kier molecular flexibility index (Phi) is 6.37. The Labute approximate surface area is 169 Å². The summed E-state index contributed by atoms with van der Waals surface area (Å²) in [5.41, 5.74) is 9.34. The first-order chi connectivity index (χ1) is 13.6. The number of benzene rings is 3. The first kappa shape index (κ1) is 19.5. The molecule has 0 bridgehead atoms. The molecule has 0 heteroatoms. The highest BCUT2D eigenvalue weighted by Crippen LogP contribution is 2.18. The predicted octanol–water partition coefficient (Wildman–Crippen LogP) is 6.23. The molecule has 3 rings (SSSR count). The first-order valence-corrected chi connectivity index (χ1v) is 9.92. The number of rotatable bonds is 2. The Balaban J connectivity index is 1.96. The van der Waals surface area contributed by atoms with E-state index in [4.69, 9.17) is 0 Å². The smallest absolute Gasteiger partial charge is 0.0284 e. The predicted molar refractivity (Wildman–Crippen MR) is 120 cm³/mol. The van der Waals surface area contributed by atoms with Crippen LogP contribution in [0.4, 0.5) is 0 Å². The van der Waals surface area contributed by atoms with Crippen LogP contribution >= 0.6 is 0 Å². The van der Waals surface area contributed by atoms with Crippen LogP contribution in [0, 0.1) is 37.5 Å². The van der Waals surface area contributed by atoms with Crippen molar-refractivity contribution in [2.24, 2.45) is 0 Å². The van der Waals surface area contributed by atoms with E-state index in [1.54, 1.807) is 0 Å². The van der Waals surface area contributed by atoms with E-state index in [1.807, 2.05) is 0 Å². The maximum atomic E-state index is 3.38. The van der Waals surface area contributed by atoms with Crippen molar-refractivity contribution in [3.8, 4) is 23.7 Å². The molecule has 0 saturated carbocycles. The van der Waals surface area contributed by atoms with Gasteiger partial charge in [0.05, 0.1) is 0 Å². The average Bonchev–Trinajstić information content (AvgIpc) is 2.72. The van der Waals surface area contributed by atoms with Crippen molar-refractivity contribution in [3.63, 3.8) is 0 Å². The molecule has 0 heterocycles. The summed E-state index contributed by atoms with van der Waals surface area (Å²) in [5, 5.41) is 0. The molecule has 3 aromatic carbocycles. The van der Waals surface area contributed by atoms with Crippen LogP contribution in [0.1, 0.15) is 58.4 Å². The lowest BCUT2D eigenvalue weighted by Gasteiger charge is -2.08. The van der Waals surface area contributed by atoms with Crippen LogP contribution in [0.5, 0.6) is 0 Å². The lowest BCUT2D eigenvalue weighted by Crippen LogP contribution is -1.96. The highest BCUT2D eigenvalue weighted by Gasteiger charge is 2.05. The van der Waals surface area contributed by atoms with Gasteiger partial charge in [0.25, 0.3) is 0 Å². The van der Waals surface area contributed by atoms with E-state index in [1.165, 1.54) is 22.3 Å². The fourth-order valence-corrected chi connectivity index (χ4v) is 3.06. The Hall–Kier alpha value is -3.22. The van der Waals surface area contributed by atoms with Crippen LogP contribution in [0.2, 0.25) is 0 Å². The van der Waals surface area contributed by atoms with Crippen LogP contribution in [0.15, 0.2) is 60.7 Å². The Bertz CT molecular complexity index is 982. The summed E-state index contributed by atoms with van der Waals surface area (Å²) in [6, 6.07) is 21.2. The highest BCUT2D eigenvalue weighted by atomic mass is 14.1. The molecule has 0 spiro atoms. The fraction of sp³-hybridized carbons (Fsp3) is 0.214. The number of aryl methyl sites for hydroxylation is 4. The average molecular weight is 363 g/mol. The molecule has 0 N–H and O–H groups in total. The zero-order chi connectivity index (χ0) is 19.9. The van der Waals surface area contributed by atoms with Crippen LogP contribution in [-0.2, 0) is 12.8 Å². The molecule has 0 aliphatic rings. The molecule has 0 radical (unpaired) electrons. The molecular weight excluding hydrogens is 336 g/mol. The summed E-state index contributed by atoms with van der Waals surface area (Å²) < 4.78 is 0. The van der Waals surface area contributed by atoms with Crippen LogP contribution < -0.4 is 0 Å². The molecule has 0 aliphatic heterocycles. The van der Waals surface area contributed by atoms with E-state index in [0.29, 0.717) is 0 Å². The molecule has 0 nitrogen and oxygen atoms in total. The van der Waals surface area contributed by atoms with E-state index >= 15 is 0 Å². The lowest BCUT2D eigenvalue weighted by molar-refractivity contribution is 1.08. The van der Waals surface area contributed by atoms with Gasteiger partial charge in [-0.3, -0.25) is 0 Å². The maximum Gasteiger partial charge on any atom is 0.0284 e. The Morgan fingerprint density at radius 1 is 0.536 bits per heavy atom. The van der Waals surface area contributed by atoms with Gasteiger partial charge in [-0.1, -0.05) is 72.9 Å². The van der Waals surface area contributed by atoms with E-state index in [9.17, 15) is 0 Å². The third-order valence-electron chi connectivity index (χ3n) is 4.88. The summed E-state index contributed by atoms with van der Waals surface area (Å²) in [4.78, 5) is 0. The standard InChI is InChI=1S/C28H26/c1-5-25-19-28(18-16-24-13-9-22(4)10-14-24)26(6-2)20-27(25)17-15-23-11-7-21(3)8-12-23/h7-14,19-20H,5-6H2,1-4H3. The minimum atomic E-state index is 0.946. The van der Waals surface area contributed by atoms with Gasteiger partial charge in [-0.05, 0) is 74.2 Å². The topological polar surface area (TPSA) is 0 Å². The molecule has 0 saturated heterocycles. The quantitative estimate of drug-likeness (QED) is 0.474. The molecule has 138 valence electrons. The van der Waals surface area contributed by atoms with Crippen molar-refractivity contribution in [1.29, 1.82) is 0 Å². The fourth-order valence-electron chi connectivity index (χ4n) is 3.06. The van der Waals surface area contributed by atoms with E-state index < -0.39 is 0 Å². The van der Waals surface area contributed by atoms with Crippen molar-refractivity contribution < 1.29 is 0 Å². The Morgan fingerprint density at radius 3 is 1.21 bits per heavy atom. The molecule has 0 unspecified atom stereocenters. The summed E-state index contributed by atoms with van der Waals surface area (Å²) in [6.07, 6.45) is 1.89. The van der Waals surface area contributed by atoms with Gasteiger partial charge in [0, 0.05) is 22.3 Å². The maximum absolute atomic E-state index is 3.38. The molecule has 3 aromatic rings. The summed E-state index contributed by atoms with van der Waals surface area (Å²) in [7, 11) is 0. The summed E-state index contributed by atoms with van der Waals surface area (Å²) in [5.74, 6) is 13.4. The molecule has 0 atom stereocenters. The molecule has 0 fully saturated rings. The van der Waals surface area contributed by atoms with E-state index in [2.05, 4.69) is 112 Å². The minimum absolute atomic E-state index is 0.946. The zero-order valence-electron chi connectivity index (χ0n) is 17.2. The zero-order valence-corrected chi connectivity index (χ0v) is 17.2. The molecule has 28 heavy (non-hydrogen) atoms. The lowest BCUT2D eigenvalue weighted by atomic mass is 9.95. The molecule has 0 amide bonds. The van der Waals surface area contributed by atoms with Gasteiger partial charge in [0.2, 0.25) is 0 Å². The van der Waals surface area contributed by atoms with Gasteiger partial charge in [-0.15, -0.1) is 0 Å². The molecular formula is C28H26. The minimum Gasteiger partial charge on any atom is -0.0616 e. The van der Waals surface area contributed by atoms with Crippen molar-refractivity contribution in [2.45, 2.75) is 40.5 Å². The highest BCUT2D eigenvalue weighted by molar-refractivity contribution is 5.55. The third kappa shape index (κ3) is 4.94. The van der Waals surface area contributed by atoms with Crippen molar-refractivity contribution in [1.82, 2.24) is 0 Å². The van der Waals surface area contributed by atoms with Gasteiger partial charge < -0.3 is 0 Å². The first-order valence-electron chi connectivity index (χ1n) is 9.92. The van der Waals surface area contributed by atoms with Crippen LogP contribution in [0.3, 0.4) is 0 Å². The van der Waals surface area contributed by atoms with Gasteiger partial charge in [0.1, 0.15) is 0 Å². The molecule has 0 aromatic heterocycles. The second-order valence-electron chi connectivity index (χ2n) is 7.11. The van der Waals surface area contributed by atoms with E-state index in [-0.39, 0.29) is 0 Å². The Morgan fingerprint density at radius 2 is 0.893 bits per heavy atom. The van der Waals surface area contributed by atoms with Gasteiger partial charge in [0.15, 0.2) is 0 Å². The number of hydrogen-bond acceptors (Lipinski definition) is 0. The van der Waals surface area contributed by atoms with Gasteiger partial charge >= 0.3 is 0 Å². The second-order valence-corrected chi connectivity index (χ2v) is 7.11. The third-order valence-corrected chi connectivity index (χ3v) is 4.88. The summed E-state index contributed by atoms with van der Waals surface area (Å²) >= 11 is 0. The van der Waals surface area contributed by atoms with Crippen molar-refractivity contribution >= 4 is 0 Å². The number of hydrogen-bond donors (Lipinski definition) is 0.